The molecule has 0 aliphatic heterocycles. The summed E-state index contributed by atoms with van der Waals surface area (Å²) in [5.74, 6) is 3.22. The highest BCUT2D eigenvalue weighted by Gasteiger charge is 2.62. The Morgan fingerprint density at radius 1 is 0.414 bits per heavy atom. The Hall–Kier alpha value is -6.38. The molecule has 2 nitrogen and oxygen atoms in total. The maximum Gasteiger partial charge on any atom is 0.159 e. The minimum atomic E-state index is 0.0825. The average Bonchev–Trinajstić information content (AvgIpc) is 3.81. The highest BCUT2D eigenvalue weighted by Crippen LogP contribution is 2.70. The van der Waals surface area contributed by atoms with Gasteiger partial charge < -0.3 is 9.32 Å². The van der Waals surface area contributed by atoms with Gasteiger partial charge in [-0.1, -0.05) is 146 Å². The number of benzene rings is 8. The third-order valence-electron chi connectivity index (χ3n) is 14.9. The summed E-state index contributed by atoms with van der Waals surface area (Å²) in [6.07, 6.45) is 6.96. The zero-order valence-electron chi connectivity index (χ0n) is 32.4. The molecule has 0 radical (unpaired) electrons. The van der Waals surface area contributed by atoms with Gasteiger partial charge >= 0.3 is 0 Å². The van der Waals surface area contributed by atoms with Crippen LogP contribution in [-0.4, -0.2) is 0 Å². The van der Waals surface area contributed by atoms with Gasteiger partial charge in [-0.25, -0.2) is 0 Å². The van der Waals surface area contributed by atoms with Crippen molar-refractivity contribution in [1.29, 1.82) is 0 Å². The highest BCUT2D eigenvalue weighted by atomic mass is 16.3. The maximum atomic E-state index is 6.76. The first-order valence-electron chi connectivity index (χ1n) is 21.4. The molecule has 0 saturated heterocycles. The SMILES string of the molecule is c1ccc(-c2ccc(N(c3ccc(-c4cccc5c4C4(c6ccccc6-5)C5CC6CC(C5)CC4C6)c4ccccc34)c3cccc4c3oc3ccccc34)cc2)cc1. The third-order valence-corrected chi connectivity index (χ3v) is 14.9. The lowest BCUT2D eigenvalue weighted by Crippen LogP contribution is -2.55. The lowest BCUT2D eigenvalue weighted by molar-refractivity contribution is -0.0397. The molecular weight excluding hydrogens is 703 g/mol. The molecule has 5 aliphatic carbocycles. The van der Waals surface area contributed by atoms with E-state index in [0.717, 1.165) is 50.8 Å². The Balaban J connectivity index is 1.04. The Bertz CT molecular complexity index is 3050. The number of anilines is 3. The number of furan rings is 1. The van der Waals surface area contributed by atoms with Crippen molar-refractivity contribution in [3.63, 3.8) is 0 Å². The standard InChI is InChI=1S/C56H43NO/c1-2-12-37(13-3-1)38-24-26-41(27-25-38)57(52-22-11-20-49-46-17-7-9-23-53(46)58-55(49)52)51-29-28-43(42-14-4-5-16-45(42)51)47-18-10-19-48-44-15-6-8-21-50(44)56(54(47)48)39-31-35-30-36(33-39)34-40(56)32-35/h1-29,35-36,39-40H,30-34H2. The molecule has 4 bridgehead atoms. The molecule has 58 heavy (non-hydrogen) atoms. The van der Waals surface area contributed by atoms with Crippen molar-refractivity contribution in [2.24, 2.45) is 23.7 Å². The van der Waals surface area contributed by atoms with Crippen molar-refractivity contribution in [2.45, 2.75) is 37.5 Å². The Morgan fingerprint density at radius 3 is 1.81 bits per heavy atom. The molecule has 4 saturated carbocycles. The highest BCUT2D eigenvalue weighted by molar-refractivity contribution is 6.13. The summed E-state index contributed by atoms with van der Waals surface area (Å²) in [4.78, 5) is 2.43. The van der Waals surface area contributed by atoms with Crippen LogP contribution < -0.4 is 4.90 Å². The molecule has 4 fully saturated rings. The molecule has 5 aliphatic rings. The number of rotatable bonds is 5. The molecule has 0 N–H and O–H groups in total. The lowest BCUT2D eigenvalue weighted by Gasteiger charge is -2.61. The van der Waals surface area contributed by atoms with Crippen molar-refractivity contribution in [3.05, 3.63) is 187 Å². The predicted octanol–water partition coefficient (Wildman–Crippen LogP) is 15.3. The number of para-hydroxylation sites is 2. The van der Waals surface area contributed by atoms with Crippen LogP contribution in [-0.2, 0) is 5.41 Å². The number of nitrogens with zero attached hydrogens (tertiary/aromatic N) is 1. The summed E-state index contributed by atoms with van der Waals surface area (Å²) < 4.78 is 6.76. The van der Waals surface area contributed by atoms with Crippen LogP contribution in [0.2, 0.25) is 0 Å². The van der Waals surface area contributed by atoms with Crippen molar-refractivity contribution in [1.82, 2.24) is 0 Å². The van der Waals surface area contributed by atoms with Crippen LogP contribution in [0.3, 0.4) is 0 Å². The topological polar surface area (TPSA) is 16.4 Å². The zero-order valence-corrected chi connectivity index (χ0v) is 32.4. The van der Waals surface area contributed by atoms with E-state index in [1.807, 2.05) is 0 Å². The van der Waals surface area contributed by atoms with E-state index >= 15 is 0 Å². The molecule has 1 spiro atoms. The van der Waals surface area contributed by atoms with E-state index in [9.17, 15) is 0 Å². The number of hydrogen-bond acceptors (Lipinski definition) is 2. The monoisotopic (exact) mass is 745 g/mol. The van der Waals surface area contributed by atoms with Crippen LogP contribution in [0.15, 0.2) is 180 Å². The second kappa shape index (κ2) is 12.3. The molecule has 1 heterocycles. The van der Waals surface area contributed by atoms with E-state index in [4.69, 9.17) is 4.42 Å². The number of fused-ring (bicyclic) bond motifs is 7. The summed E-state index contributed by atoms with van der Waals surface area (Å²) >= 11 is 0. The van der Waals surface area contributed by atoms with Crippen LogP contribution in [0, 0.1) is 23.7 Å². The Morgan fingerprint density at radius 2 is 1.02 bits per heavy atom. The average molecular weight is 746 g/mol. The number of hydrogen-bond donors (Lipinski definition) is 0. The lowest BCUT2D eigenvalue weighted by atomic mass is 9.42. The fourth-order valence-electron chi connectivity index (χ4n) is 12.9. The molecule has 0 amide bonds. The third kappa shape index (κ3) is 4.49. The molecule has 0 atom stereocenters. The largest absolute Gasteiger partial charge is 0.454 e. The summed E-state index contributed by atoms with van der Waals surface area (Å²) in [6, 6.07) is 65.3. The summed E-state index contributed by atoms with van der Waals surface area (Å²) in [6.45, 7) is 0. The first-order valence-corrected chi connectivity index (χ1v) is 21.4. The minimum absolute atomic E-state index is 0.0825. The van der Waals surface area contributed by atoms with Crippen LogP contribution >= 0.6 is 0 Å². The van der Waals surface area contributed by atoms with E-state index in [1.165, 1.54) is 76.3 Å². The van der Waals surface area contributed by atoms with Gasteiger partial charge in [0.05, 0.1) is 11.4 Å². The predicted molar refractivity (Wildman–Crippen MR) is 240 cm³/mol. The van der Waals surface area contributed by atoms with Gasteiger partial charge in [-0.3, -0.25) is 0 Å². The fraction of sp³-hybridized carbons (Fsp3) is 0.179. The molecular formula is C56H43NO. The van der Waals surface area contributed by atoms with Crippen LogP contribution in [0.25, 0.3) is 66.1 Å². The van der Waals surface area contributed by atoms with Gasteiger partial charge in [-0.15, -0.1) is 0 Å². The normalized spacial score (nSPS) is 22.6. The van der Waals surface area contributed by atoms with Gasteiger partial charge in [-0.2, -0.15) is 0 Å². The van der Waals surface area contributed by atoms with Gasteiger partial charge in [0.2, 0.25) is 0 Å². The van der Waals surface area contributed by atoms with E-state index in [2.05, 4.69) is 181 Å². The van der Waals surface area contributed by atoms with Gasteiger partial charge in [0.1, 0.15) is 5.58 Å². The maximum absolute atomic E-state index is 6.76. The van der Waals surface area contributed by atoms with Gasteiger partial charge in [0.15, 0.2) is 5.58 Å². The van der Waals surface area contributed by atoms with Crippen molar-refractivity contribution in [3.8, 4) is 33.4 Å². The first-order chi connectivity index (χ1) is 28.7. The first kappa shape index (κ1) is 32.7. The van der Waals surface area contributed by atoms with E-state index in [0.29, 0.717) is 11.8 Å². The summed E-state index contributed by atoms with van der Waals surface area (Å²) in [5.41, 5.74) is 16.5. The van der Waals surface area contributed by atoms with Gasteiger partial charge in [0.25, 0.3) is 0 Å². The van der Waals surface area contributed by atoms with Crippen LogP contribution in [0.4, 0.5) is 17.1 Å². The van der Waals surface area contributed by atoms with E-state index in [-0.39, 0.29) is 5.41 Å². The summed E-state index contributed by atoms with van der Waals surface area (Å²) in [5, 5.41) is 4.77. The van der Waals surface area contributed by atoms with Gasteiger partial charge in [-0.05, 0) is 136 Å². The van der Waals surface area contributed by atoms with E-state index < -0.39 is 0 Å². The second-order valence-corrected chi connectivity index (χ2v) is 17.6. The molecule has 8 aromatic carbocycles. The van der Waals surface area contributed by atoms with E-state index in [1.54, 1.807) is 11.1 Å². The summed E-state index contributed by atoms with van der Waals surface area (Å²) in [7, 11) is 0. The van der Waals surface area contributed by atoms with Crippen molar-refractivity contribution in [2.75, 3.05) is 4.90 Å². The zero-order chi connectivity index (χ0) is 38.0. The molecule has 14 rings (SSSR count). The quantitative estimate of drug-likeness (QED) is 0.174. The van der Waals surface area contributed by atoms with Crippen LogP contribution in [0.5, 0.6) is 0 Å². The van der Waals surface area contributed by atoms with Gasteiger partial charge in [0, 0.05) is 27.3 Å². The molecule has 0 unspecified atom stereocenters. The smallest absolute Gasteiger partial charge is 0.159 e. The Kier molecular flexibility index (Phi) is 6.94. The minimum Gasteiger partial charge on any atom is -0.454 e. The molecule has 2 heteroatoms. The van der Waals surface area contributed by atoms with Crippen molar-refractivity contribution < 1.29 is 4.42 Å². The fourth-order valence-corrected chi connectivity index (χ4v) is 12.9. The second-order valence-electron chi connectivity index (χ2n) is 17.6. The molecule has 1 aromatic heterocycles. The van der Waals surface area contributed by atoms with Crippen molar-refractivity contribution >= 4 is 49.8 Å². The Labute approximate surface area is 339 Å². The van der Waals surface area contributed by atoms with Crippen LogP contribution in [0.1, 0.15) is 43.2 Å². The molecule has 278 valence electrons. The molecule has 9 aromatic rings.